The molecular weight excluding hydrogens is 268 g/mol. The Labute approximate surface area is 116 Å². The van der Waals surface area contributed by atoms with Crippen LogP contribution in [0.2, 0.25) is 0 Å². The third-order valence-corrected chi connectivity index (χ3v) is 2.96. The molecule has 0 aliphatic heterocycles. The lowest BCUT2D eigenvalue weighted by Gasteiger charge is -2.32. The monoisotopic (exact) mass is 287 g/mol. The maximum Gasteiger partial charge on any atom is 0.327 e. The van der Waals surface area contributed by atoms with Crippen LogP contribution in [0.5, 0.6) is 0 Å². The van der Waals surface area contributed by atoms with Gasteiger partial charge in [-0.3, -0.25) is 10.1 Å². The predicted octanol–water partition coefficient (Wildman–Crippen LogP) is 3.05. The highest BCUT2D eigenvalue weighted by molar-refractivity contribution is 5.63. The van der Waals surface area contributed by atoms with Gasteiger partial charge in [0.2, 0.25) is 5.82 Å². The van der Waals surface area contributed by atoms with Crippen LogP contribution in [0.3, 0.4) is 0 Å². The maximum absolute atomic E-state index is 13.6. The molecule has 0 saturated heterocycles. The van der Waals surface area contributed by atoms with Crippen molar-refractivity contribution >= 4 is 11.4 Å². The SMILES string of the molecule is CC(C)CC(C)(CN)Nc1cc(F)cc(F)c1[N+](=O)[O-]. The number of anilines is 1. The Kier molecular flexibility index (Phi) is 4.99. The van der Waals surface area contributed by atoms with Gasteiger partial charge in [-0.15, -0.1) is 0 Å². The Morgan fingerprint density at radius 3 is 2.50 bits per heavy atom. The molecule has 3 N–H and O–H groups in total. The van der Waals surface area contributed by atoms with Crippen LogP contribution < -0.4 is 11.1 Å². The van der Waals surface area contributed by atoms with Gasteiger partial charge in [0.05, 0.1) is 4.92 Å². The molecule has 0 fully saturated rings. The first kappa shape index (κ1) is 16.3. The first-order valence-electron chi connectivity index (χ1n) is 6.30. The van der Waals surface area contributed by atoms with Gasteiger partial charge in [0.15, 0.2) is 0 Å². The van der Waals surface area contributed by atoms with E-state index in [9.17, 15) is 18.9 Å². The van der Waals surface area contributed by atoms with Crippen LogP contribution in [0.25, 0.3) is 0 Å². The van der Waals surface area contributed by atoms with Gasteiger partial charge < -0.3 is 11.1 Å². The van der Waals surface area contributed by atoms with E-state index in [1.165, 1.54) is 0 Å². The summed E-state index contributed by atoms with van der Waals surface area (Å²) in [7, 11) is 0. The predicted molar refractivity (Wildman–Crippen MR) is 73.5 cm³/mol. The average Bonchev–Trinajstić information content (AvgIpc) is 2.25. The van der Waals surface area contributed by atoms with E-state index in [0.717, 1.165) is 6.07 Å². The van der Waals surface area contributed by atoms with Crippen molar-refractivity contribution in [2.24, 2.45) is 11.7 Å². The average molecular weight is 287 g/mol. The van der Waals surface area contributed by atoms with E-state index in [1.807, 2.05) is 13.8 Å². The molecule has 0 aliphatic rings. The van der Waals surface area contributed by atoms with Gasteiger partial charge in [0.1, 0.15) is 11.5 Å². The Balaban J connectivity index is 3.22. The standard InChI is InChI=1S/C13H19F2N3O2/c1-8(2)6-13(3,7-16)17-11-5-9(14)4-10(15)12(11)18(19)20/h4-5,8,17H,6-7,16H2,1-3H3. The van der Waals surface area contributed by atoms with Crippen LogP contribution in [0.4, 0.5) is 20.2 Å². The summed E-state index contributed by atoms with van der Waals surface area (Å²) < 4.78 is 26.8. The number of benzene rings is 1. The van der Waals surface area contributed by atoms with Gasteiger partial charge in [-0.1, -0.05) is 13.8 Å². The number of nitrogens with zero attached hydrogens (tertiary/aromatic N) is 1. The Morgan fingerprint density at radius 1 is 1.45 bits per heavy atom. The zero-order valence-electron chi connectivity index (χ0n) is 11.7. The van der Waals surface area contributed by atoms with Crippen LogP contribution in [0, 0.1) is 27.7 Å². The van der Waals surface area contributed by atoms with Gasteiger partial charge in [-0.05, 0) is 19.3 Å². The third-order valence-electron chi connectivity index (χ3n) is 2.96. The Morgan fingerprint density at radius 2 is 2.05 bits per heavy atom. The van der Waals surface area contributed by atoms with Gasteiger partial charge in [0.25, 0.3) is 0 Å². The van der Waals surface area contributed by atoms with Crippen LogP contribution in [0.15, 0.2) is 12.1 Å². The first-order chi connectivity index (χ1) is 9.18. The fourth-order valence-corrected chi connectivity index (χ4v) is 2.26. The molecule has 20 heavy (non-hydrogen) atoms. The van der Waals surface area contributed by atoms with E-state index in [4.69, 9.17) is 5.73 Å². The molecule has 0 amide bonds. The van der Waals surface area contributed by atoms with Crippen LogP contribution in [-0.2, 0) is 0 Å². The molecular formula is C13H19F2N3O2. The number of halogens is 2. The second-order valence-electron chi connectivity index (χ2n) is 5.53. The lowest BCUT2D eigenvalue weighted by molar-refractivity contribution is -0.386. The van der Waals surface area contributed by atoms with Crippen molar-refractivity contribution in [3.8, 4) is 0 Å². The van der Waals surface area contributed by atoms with E-state index in [1.54, 1.807) is 6.92 Å². The molecule has 112 valence electrons. The molecule has 0 aliphatic carbocycles. The van der Waals surface area contributed by atoms with Crippen molar-refractivity contribution in [1.29, 1.82) is 0 Å². The van der Waals surface area contributed by atoms with E-state index in [-0.39, 0.29) is 18.2 Å². The summed E-state index contributed by atoms with van der Waals surface area (Å²) in [4.78, 5) is 10.1. The lowest BCUT2D eigenvalue weighted by Crippen LogP contribution is -2.43. The molecule has 7 heteroatoms. The smallest absolute Gasteiger partial charge is 0.327 e. The molecule has 1 rings (SSSR count). The van der Waals surface area contributed by atoms with Crippen LogP contribution in [-0.4, -0.2) is 17.0 Å². The number of nitro groups is 1. The van der Waals surface area contributed by atoms with Crippen molar-refractivity contribution < 1.29 is 13.7 Å². The minimum Gasteiger partial charge on any atom is -0.373 e. The topological polar surface area (TPSA) is 81.2 Å². The van der Waals surface area contributed by atoms with Crippen LogP contribution >= 0.6 is 0 Å². The summed E-state index contributed by atoms with van der Waals surface area (Å²) in [6.07, 6.45) is 0.610. The molecule has 0 aromatic heterocycles. The van der Waals surface area contributed by atoms with Gasteiger partial charge >= 0.3 is 5.69 Å². The molecule has 1 aromatic carbocycles. The van der Waals surface area contributed by atoms with Crippen LogP contribution in [0.1, 0.15) is 27.2 Å². The van der Waals surface area contributed by atoms with Gasteiger partial charge in [-0.2, -0.15) is 4.39 Å². The van der Waals surface area contributed by atoms with Crippen molar-refractivity contribution in [2.75, 3.05) is 11.9 Å². The summed E-state index contributed by atoms with van der Waals surface area (Å²) in [6, 6.07) is 1.40. The van der Waals surface area contributed by atoms with E-state index >= 15 is 0 Å². The van der Waals surface area contributed by atoms with Crippen molar-refractivity contribution in [3.63, 3.8) is 0 Å². The number of nitrogens with two attached hydrogens (primary N) is 1. The number of hydrogen-bond acceptors (Lipinski definition) is 4. The number of nitro benzene ring substituents is 1. The summed E-state index contributed by atoms with van der Waals surface area (Å²) in [5.41, 5.74) is 4.04. The molecule has 0 heterocycles. The number of rotatable bonds is 6. The summed E-state index contributed by atoms with van der Waals surface area (Å²) in [6.45, 7) is 5.88. The zero-order valence-corrected chi connectivity index (χ0v) is 11.7. The Bertz CT molecular complexity index is 509. The summed E-state index contributed by atoms with van der Waals surface area (Å²) in [5, 5.41) is 13.7. The third kappa shape index (κ3) is 3.86. The molecule has 1 unspecified atom stereocenters. The maximum atomic E-state index is 13.6. The zero-order chi connectivity index (χ0) is 15.5. The van der Waals surface area contributed by atoms with E-state index in [2.05, 4.69) is 5.32 Å². The highest BCUT2D eigenvalue weighted by Gasteiger charge is 2.29. The molecule has 1 atom stereocenters. The lowest BCUT2D eigenvalue weighted by atomic mass is 9.90. The second kappa shape index (κ2) is 6.13. The fraction of sp³-hybridized carbons (Fsp3) is 0.538. The molecule has 1 aromatic rings. The number of nitrogens with one attached hydrogen (secondary N) is 1. The first-order valence-corrected chi connectivity index (χ1v) is 6.30. The second-order valence-corrected chi connectivity index (χ2v) is 5.53. The Hall–Kier alpha value is -1.76. The minimum atomic E-state index is -1.21. The molecule has 5 nitrogen and oxygen atoms in total. The highest BCUT2D eigenvalue weighted by atomic mass is 19.1. The molecule has 0 bridgehead atoms. The minimum absolute atomic E-state index is 0.181. The highest BCUT2D eigenvalue weighted by Crippen LogP contribution is 2.32. The fourth-order valence-electron chi connectivity index (χ4n) is 2.26. The summed E-state index contributed by atoms with van der Waals surface area (Å²) >= 11 is 0. The van der Waals surface area contributed by atoms with Crippen molar-refractivity contribution in [2.45, 2.75) is 32.7 Å². The van der Waals surface area contributed by atoms with Gasteiger partial charge in [-0.25, -0.2) is 4.39 Å². The van der Waals surface area contributed by atoms with E-state index < -0.39 is 27.8 Å². The molecule has 0 radical (unpaired) electrons. The largest absolute Gasteiger partial charge is 0.373 e. The van der Waals surface area contributed by atoms with Crippen molar-refractivity contribution in [1.82, 2.24) is 0 Å². The number of hydrogen-bond donors (Lipinski definition) is 2. The molecule has 0 saturated carbocycles. The van der Waals surface area contributed by atoms with Gasteiger partial charge in [0, 0.05) is 24.2 Å². The van der Waals surface area contributed by atoms with E-state index in [0.29, 0.717) is 12.5 Å². The molecule has 0 spiro atoms. The van der Waals surface area contributed by atoms with Crippen molar-refractivity contribution in [3.05, 3.63) is 33.9 Å². The normalized spacial score (nSPS) is 14.2. The quantitative estimate of drug-likeness (QED) is 0.622. The summed E-state index contributed by atoms with van der Waals surface area (Å²) in [5.74, 6) is -1.81.